The van der Waals surface area contributed by atoms with E-state index in [1.807, 2.05) is 0 Å². The Labute approximate surface area is 126 Å². The molecule has 0 saturated carbocycles. The first-order valence-corrected chi connectivity index (χ1v) is 7.20. The van der Waals surface area contributed by atoms with Gasteiger partial charge in [-0.05, 0) is 12.1 Å². The minimum absolute atomic E-state index is 0.0160. The Morgan fingerprint density at radius 3 is 3.00 bits per heavy atom. The number of hydrogen-bond donors (Lipinski definition) is 1. The molecule has 22 heavy (non-hydrogen) atoms. The van der Waals surface area contributed by atoms with Crippen LogP contribution >= 0.6 is 0 Å². The lowest BCUT2D eigenvalue weighted by molar-refractivity contribution is 0.0697. The molecule has 1 aromatic heterocycles. The second-order valence-corrected chi connectivity index (χ2v) is 5.35. The van der Waals surface area contributed by atoms with E-state index >= 15 is 0 Å². The van der Waals surface area contributed by atoms with Gasteiger partial charge in [-0.1, -0.05) is 12.1 Å². The smallest absolute Gasteiger partial charge is 0.289 e. The number of aliphatic hydroxyl groups excluding tert-OH is 1. The number of carbonyl (C=O) groups is 1. The first kappa shape index (κ1) is 14.7. The van der Waals surface area contributed by atoms with Gasteiger partial charge in [0.1, 0.15) is 5.58 Å². The third-order valence-corrected chi connectivity index (χ3v) is 3.73. The van der Waals surface area contributed by atoms with Crippen molar-refractivity contribution in [1.82, 2.24) is 4.90 Å². The molecule has 1 amide bonds. The molecule has 1 aliphatic heterocycles. The molecule has 1 atom stereocenters. The molecule has 0 aliphatic carbocycles. The Morgan fingerprint density at radius 1 is 1.36 bits per heavy atom. The molecule has 0 spiro atoms. The summed E-state index contributed by atoms with van der Waals surface area (Å²) in [6, 6.07) is 8.05. The molecule has 6 nitrogen and oxygen atoms in total. The highest BCUT2D eigenvalue weighted by Gasteiger charge is 2.25. The van der Waals surface area contributed by atoms with Gasteiger partial charge in [-0.3, -0.25) is 9.59 Å². The number of ether oxygens (including phenoxy) is 1. The summed E-state index contributed by atoms with van der Waals surface area (Å²) in [5.74, 6) is -0.465. The van der Waals surface area contributed by atoms with Crippen LogP contribution in [0, 0.1) is 5.92 Å². The number of fused-ring (bicyclic) bond motifs is 1. The highest BCUT2D eigenvalue weighted by atomic mass is 16.5. The molecule has 6 heteroatoms. The van der Waals surface area contributed by atoms with Crippen LogP contribution in [0.15, 0.2) is 39.5 Å². The monoisotopic (exact) mass is 303 g/mol. The zero-order valence-corrected chi connectivity index (χ0v) is 12.0. The van der Waals surface area contributed by atoms with E-state index in [1.54, 1.807) is 29.2 Å². The maximum Gasteiger partial charge on any atom is 0.289 e. The van der Waals surface area contributed by atoms with Gasteiger partial charge in [0.15, 0.2) is 11.2 Å². The van der Waals surface area contributed by atoms with Crippen LogP contribution in [0.2, 0.25) is 0 Å². The van der Waals surface area contributed by atoms with Crippen LogP contribution in [0.4, 0.5) is 0 Å². The summed E-state index contributed by atoms with van der Waals surface area (Å²) in [5.41, 5.74) is 0.151. The lowest BCUT2D eigenvalue weighted by Crippen LogP contribution is -2.37. The van der Waals surface area contributed by atoms with Gasteiger partial charge in [0.2, 0.25) is 0 Å². The van der Waals surface area contributed by atoms with Crippen molar-refractivity contribution in [1.29, 1.82) is 0 Å². The molecule has 1 N–H and O–H groups in total. The van der Waals surface area contributed by atoms with Gasteiger partial charge in [0, 0.05) is 31.7 Å². The third kappa shape index (κ3) is 2.88. The Kier molecular flexibility index (Phi) is 4.22. The van der Waals surface area contributed by atoms with Crippen LogP contribution in [0.5, 0.6) is 0 Å². The number of benzene rings is 1. The van der Waals surface area contributed by atoms with Crippen LogP contribution in [-0.4, -0.2) is 48.8 Å². The summed E-state index contributed by atoms with van der Waals surface area (Å²) in [6.45, 7) is 1.56. The molecule has 0 unspecified atom stereocenters. The maximum atomic E-state index is 12.6. The van der Waals surface area contributed by atoms with Crippen LogP contribution in [0.3, 0.4) is 0 Å². The SMILES string of the molecule is O=C(c1cc(=O)c2ccccc2o1)N1CCOC[C@H](CO)C1. The number of para-hydroxylation sites is 1. The van der Waals surface area contributed by atoms with E-state index in [2.05, 4.69) is 0 Å². The zero-order chi connectivity index (χ0) is 15.5. The molecule has 1 saturated heterocycles. The summed E-state index contributed by atoms with van der Waals surface area (Å²) >= 11 is 0. The van der Waals surface area contributed by atoms with Crippen LogP contribution in [0.1, 0.15) is 10.6 Å². The molecular weight excluding hydrogens is 286 g/mol. The van der Waals surface area contributed by atoms with Gasteiger partial charge >= 0.3 is 0 Å². The average Bonchev–Trinajstić information content (AvgIpc) is 2.79. The minimum Gasteiger partial charge on any atom is -0.451 e. The molecule has 2 aromatic rings. The summed E-state index contributed by atoms with van der Waals surface area (Å²) in [4.78, 5) is 26.2. The van der Waals surface area contributed by atoms with Crippen LogP contribution in [0.25, 0.3) is 11.0 Å². The van der Waals surface area contributed by atoms with Gasteiger partial charge in [-0.25, -0.2) is 0 Å². The van der Waals surface area contributed by atoms with Crippen molar-refractivity contribution in [2.45, 2.75) is 0 Å². The second kappa shape index (κ2) is 6.29. The Balaban J connectivity index is 1.92. The van der Waals surface area contributed by atoms with E-state index in [9.17, 15) is 14.7 Å². The van der Waals surface area contributed by atoms with Crippen molar-refractivity contribution in [2.24, 2.45) is 5.92 Å². The predicted molar refractivity (Wildman–Crippen MR) is 79.8 cm³/mol. The van der Waals surface area contributed by atoms with E-state index in [4.69, 9.17) is 9.15 Å². The highest BCUT2D eigenvalue weighted by molar-refractivity contribution is 5.93. The molecule has 0 bridgehead atoms. The lowest BCUT2D eigenvalue weighted by atomic mass is 10.1. The maximum absolute atomic E-state index is 12.6. The molecule has 3 rings (SSSR count). The van der Waals surface area contributed by atoms with Crippen LogP contribution in [-0.2, 0) is 4.74 Å². The fourth-order valence-corrected chi connectivity index (χ4v) is 2.54. The Bertz CT molecular complexity index is 739. The lowest BCUT2D eigenvalue weighted by Gasteiger charge is -2.22. The molecule has 1 aliphatic rings. The quantitative estimate of drug-likeness (QED) is 0.890. The van der Waals surface area contributed by atoms with E-state index in [-0.39, 0.29) is 29.6 Å². The number of nitrogens with zero attached hydrogens (tertiary/aromatic N) is 1. The zero-order valence-electron chi connectivity index (χ0n) is 12.0. The highest BCUT2D eigenvalue weighted by Crippen LogP contribution is 2.15. The molecule has 0 radical (unpaired) electrons. The minimum atomic E-state index is -0.355. The fraction of sp³-hybridized carbons (Fsp3) is 0.375. The number of rotatable bonds is 2. The first-order valence-electron chi connectivity index (χ1n) is 7.20. The van der Waals surface area contributed by atoms with Crippen molar-refractivity contribution in [3.63, 3.8) is 0 Å². The number of aliphatic hydroxyl groups is 1. The summed E-state index contributed by atoms with van der Waals surface area (Å²) in [6.07, 6.45) is 0. The summed E-state index contributed by atoms with van der Waals surface area (Å²) < 4.78 is 10.9. The van der Waals surface area contributed by atoms with Crippen LogP contribution < -0.4 is 5.43 Å². The van der Waals surface area contributed by atoms with E-state index < -0.39 is 0 Å². The summed E-state index contributed by atoms with van der Waals surface area (Å²) in [7, 11) is 0. The Morgan fingerprint density at radius 2 is 2.18 bits per heavy atom. The van der Waals surface area contributed by atoms with E-state index in [0.29, 0.717) is 37.3 Å². The van der Waals surface area contributed by atoms with Gasteiger partial charge in [-0.2, -0.15) is 0 Å². The molecule has 2 heterocycles. The topological polar surface area (TPSA) is 80.0 Å². The van der Waals surface area contributed by atoms with Gasteiger partial charge in [0.05, 0.1) is 18.6 Å². The largest absolute Gasteiger partial charge is 0.451 e. The van der Waals surface area contributed by atoms with Crippen molar-refractivity contribution in [3.05, 3.63) is 46.3 Å². The number of hydrogen-bond acceptors (Lipinski definition) is 5. The van der Waals surface area contributed by atoms with Gasteiger partial charge < -0.3 is 19.2 Å². The second-order valence-electron chi connectivity index (χ2n) is 5.35. The van der Waals surface area contributed by atoms with E-state index in [1.165, 1.54) is 6.07 Å². The summed E-state index contributed by atoms with van der Waals surface area (Å²) in [5, 5.41) is 9.73. The molecule has 1 fully saturated rings. The molecule has 1 aromatic carbocycles. The first-order chi connectivity index (χ1) is 10.7. The normalized spacial score (nSPS) is 19.1. The Hall–Kier alpha value is -2.18. The molecule has 116 valence electrons. The number of carbonyl (C=O) groups excluding carboxylic acids is 1. The number of amides is 1. The average molecular weight is 303 g/mol. The predicted octanol–water partition coefficient (Wildman–Crippen LogP) is 0.874. The van der Waals surface area contributed by atoms with E-state index in [0.717, 1.165) is 0 Å². The van der Waals surface area contributed by atoms with Gasteiger partial charge in [-0.15, -0.1) is 0 Å². The van der Waals surface area contributed by atoms with Gasteiger partial charge in [0.25, 0.3) is 5.91 Å². The van der Waals surface area contributed by atoms with Crippen molar-refractivity contribution >= 4 is 16.9 Å². The molecular formula is C16H17NO5. The van der Waals surface area contributed by atoms with Crippen molar-refractivity contribution < 1.29 is 19.1 Å². The third-order valence-electron chi connectivity index (χ3n) is 3.73. The van der Waals surface area contributed by atoms with Crippen molar-refractivity contribution in [3.8, 4) is 0 Å². The fourth-order valence-electron chi connectivity index (χ4n) is 2.54. The standard InChI is InChI=1S/C16H17NO5/c18-9-11-8-17(5-6-21-10-11)16(20)15-7-13(19)12-3-1-2-4-14(12)22-15/h1-4,7,11,18H,5-6,8-10H2/t11-/m0/s1. The van der Waals surface area contributed by atoms with Crippen molar-refractivity contribution in [2.75, 3.05) is 32.9 Å².